The third kappa shape index (κ3) is 1.97. The van der Waals surface area contributed by atoms with Gasteiger partial charge in [-0.25, -0.2) is 9.89 Å². The molecule has 0 amide bonds. The molecular weight excluding hydrogens is 190 g/mol. The molecule has 0 radical (unpaired) electrons. The Kier molecular flexibility index (Phi) is 2.44. The molecule has 1 N–H and O–H groups in total. The SMILES string of the molecule is O=c1nnc(N2CCSCC2)n[nH]1. The molecule has 0 aliphatic carbocycles. The van der Waals surface area contributed by atoms with Crippen LogP contribution in [0, 0.1) is 0 Å². The van der Waals surface area contributed by atoms with Gasteiger partial charge >= 0.3 is 5.69 Å². The van der Waals surface area contributed by atoms with Crippen LogP contribution in [0.5, 0.6) is 0 Å². The van der Waals surface area contributed by atoms with E-state index in [2.05, 4.69) is 20.4 Å². The lowest BCUT2D eigenvalue weighted by molar-refractivity contribution is 0.733. The molecule has 1 aromatic rings. The lowest BCUT2D eigenvalue weighted by atomic mass is 10.5. The molecule has 6 nitrogen and oxygen atoms in total. The summed E-state index contributed by atoms with van der Waals surface area (Å²) in [5.74, 6) is 2.66. The molecule has 70 valence electrons. The molecule has 0 saturated carbocycles. The summed E-state index contributed by atoms with van der Waals surface area (Å²) in [6, 6.07) is 0. The summed E-state index contributed by atoms with van der Waals surface area (Å²) in [6.07, 6.45) is 0. The molecule has 7 heteroatoms. The summed E-state index contributed by atoms with van der Waals surface area (Å²) < 4.78 is 0. The van der Waals surface area contributed by atoms with Gasteiger partial charge in [-0.15, -0.1) is 10.2 Å². The van der Waals surface area contributed by atoms with Gasteiger partial charge in [0, 0.05) is 24.6 Å². The number of aromatic amines is 1. The molecule has 1 fully saturated rings. The van der Waals surface area contributed by atoms with Crippen LogP contribution in [0.1, 0.15) is 0 Å². The lowest BCUT2D eigenvalue weighted by Crippen LogP contribution is -2.35. The molecule has 1 aliphatic rings. The maximum Gasteiger partial charge on any atom is 0.380 e. The van der Waals surface area contributed by atoms with Crippen LogP contribution in [0.4, 0.5) is 5.95 Å². The van der Waals surface area contributed by atoms with Crippen molar-refractivity contribution in [2.45, 2.75) is 0 Å². The first-order valence-electron chi connectivity index (χ1n) is 3.98. The molecule has 1 aliphatic heterocycles. The van der Waals surface area contributed by atoms with Crippen molar-refractivity contribution in [1.29, 1.82) is 0 Å². The Morgan fingerprint density at radius 3 is 2.69 bits per heavy atom. The summed E-state index contributed by atoms with van der Waals surface area (Å²) >= 11 is 1.91. The molecule has 13 heavy (non-hydrogen) atoms. The van der Waals surface area contributed by atoms with Crippen LogP contribution in [0.3, 0.4) is 0 Å². The number of nitrogens with zero attached hydrogens (tertiary/aromatic N) is 4. The van der Waals surface area contributed by atoms with E-state index < -0.39 is 5.69 Å². The van der Waals surface area contributed by atoms with Gasteiger partial charge in [-0.2, -0.15) is 11.8 Å². The van der Waals surface area contributed by atoms with Gasteiger partial charge < -0.3 is 4.90 Å². The highest BCUT2D eigenvalue weighted by Crippen LogP contribution is 2.12. The van der Waals surface area contributed by atoms with E-state index in [0.29, 0.717) is 5.95 Å². The third-order valence-corrected chi connectivity index (χ3v) is 2.72. The predicted octanol–water partition coefficient (Wildman–Crippen LogP) is -0.887. The largest absolute Gasteiger partial charge is 0.380 e. The van der Waals surface area contributed by atoms with Crippen molar-refractivity contribution in [2.24, 2.45) is 0 Å². The van der Waals surface area contributed by atoms with E-state index in [0.717, 1.165) is 24.6 Å². The normalized spacial score (nSPS) is 17.4. The van der Waals surface area contributed by atoms with Crippen molar-refractivity contribution in [1.82, 2.24) is 20.4 Å². The Balaban J connectivity index is 2.14. The number of hydrogen-bond donors (Lipinski definition) is 1. The highest BCUT2D eigenvalue weighted by molar-refractivity contribution is 7.99. The molecule has 2 rings (SSSR count). The molecule has 1 aromatic heterocycles. The highest BCUT2D eigenvalue weighted by atomic mass is 32.2. The van der Waals surface area contributed by atoms with Crippen LogP contribution >= 0.6 is 11.8 Å². The second-order valence-corrected chi connectivity index (χ2v) is 3.85. The second kappa shape index (κ2) is 3.73. The fourth-order valence-corrected chi connectivity index (χ4v) is 2.03. The number of rotatable bonds is 1. The molecule has 1 saturated heterocycles. The molecule has 0 unspecified atom stereocenters. The number of thioether (sulfide) groups is 1. The Bertz CT molecular complexity index is 314. The monoisotopic (exact) mass is 199 g/mol. The number of H-pyrrole nitrogens is 1. The van der Waals surface area contributed by atoms with Crippen molar-refractivity contribution >= 4 is 17.7 Å². The number of aromatic nitrogens is 4. The second-order valence-electron chi connectivity index (χ2n) is 2.63. The zero-order valence-corrected chi connectivity index (χ0v) is 7.75. The van der Waals surface area contributed by atoms with E-state index in [4.69, 9.17) is 0 Å². The van der Waals surface area contributed by atoms with Crippen molar-refractivity contribution < 1.29 is 0 Å². The summed E-state index contributed by atoms with van der Waals surface area (Å²) in [6.45, 7) is 1.83. The fraction of sp³-hybridized carbons (Fsp3) is 0.667. The van der Waals surface area contributed by atoms with E-state index in [1.54, 1.807) is 0 Å². The van der Waals surface area contributed by atoms with Gasteiger partial charge in [0.15, 0.2) is 0 Å². The Morgan fingerprint density at radius 2 is 2.08 bits per heavy atom. The van der Waals surface area contributed by atoms with Gasteiger partial charge in [-0.1, -0.05) is 5.10 Å². The summed E-state index contributed by atoms with van der Waals surface area (Å²) in [5, 5.41) is 13.2. The van der Waals surface area contributed by atoms with Crippen LogP contribution in [0.15, 0.2) is 4.79 Å². The maximum atomic E-state index is 10.6. The number of nitrogens with one attached hydrogen (secondary N) is 1. The molecule has 0 aromatic carbocycles. The standard InChI is InChI=1S/C6H9N5OS/c12-6-9-7-5(8-10-6)11-1-3-13-4-2-11/h1-4H2,(H,9,10,12). The van der Waals surface area contributed by atoms with Crippen LogP contribution < -0.4 is 10.6 Å². The van der Waals surface area contributed by atoms with Crippen molar-refractivity contribution in [3.05, 3.63) is 10.5 Å². The van der Waals surface area contributed by atoms with Gasteiger partial charge in [0.1, 0.15) is 0 Å². The van der Waals surface area contributed by atoms with Crippen LogP contribution in [0.25, 0.3) is 0 Å². The number of anilines is 1. The van der Waals surface area contributed by atoms with Gasteiger partial charge in [0.05, 0.1) is 0 Å². The van der Waals surface area contributed by atoms with E-state index in [9.17, 15) is 4.79 Å². The van der Waals surface area contributed by atoms with Crippen molar-refractivity contribution in [3.63, 3.8) is 0 Å². The van der Waals surface area contributed by atoms with E-state index >= 15 is 0 Å². The first-order valence-corrected chi connectivity index (χ1v) is 5.14. The molecule has 0 bridgehead atoms. The number of hydrogen-bond acceptors (Lipinski definition) is 6. The van der Waals surface area contributed by atoms with Gasteiger partial charge in [-0.3, -0.25) is 0 Å². The maximum absolute atomic E-state index is 10.6. The minimum absolute atomic E-state index is 0.505. The molecule has 2 heterocycles. The molecule has 0 atom stereocenters. The lowest BCUT2D eigenvalue weighted by Gasteiger charge is -2.24. The summed E-state index contributed by atoms with van der Waals surface area (Å²) in [5.41, 5.74) is -0.505. The smallest absolute Gasteiger partial charge is 0.337 e. The Morgan fingerprint density at radius 1 is 1.31 bits per heavy atom. The topological polar surface area (TPSA) is 74.8 Å². The minimum atomic E-state index is -0.505. The van der Waals surface area contributed by atoms with Crippen LogP contribution in [-0.2, 0) is 0 Å². The predicted molar refractivity (Wildman–Crippen MR) is 50.0 cm³/mol. The van der Waals surface area contributed by atoms with Crippen LogP contribution in [0.2, 0.25) is 0 Å². The Hall–Kier alpha value is -1.11. The van der Waals surface area contributed by atoms with Crippen molar-refractivity contribution in [2.75, 3.05) is 29.5 Å². The first kappa shape index (κ1) is 8.49. The fourth-order valence-electron chi connectivity index (χ4n) is 1.13. The Labute approximate surface area is 78.7 Å². The average molecular weight is 199 g/mol. The quantitative estimate of drug-likeness (QED) is 0.632. The third-order valence-electron chi connectivity index (χ3n) is 1.78. The van der Waals surface area contributed by atoms with E-state index in [1.807, 2.05) is 16.7 Å². The summed E-state index contributed by atoms with van der Waals surface area (Å²) in [4.78, 5) is 12.6. The summed E-state index contributed by atoms with van der Waals surface area (Å²) in [7, 11) is 0. The van der Waals surface area contributed by atoms with Gasteiger partial charge in [-0.05, 0) is 0 Å². The highest BCUT2D eigenvalue weighted by Gasteiger charge is 2.13. The molecular formula is C6H9N5OS. The van der Waals surface area contributed by atoms with Gasteiger partial charge in [0.2, 0.25) is 0 Å². The molecule has 0 spiro atoms. The van der Waals surface area contributed by atoms with E-state index in [-0.39, 0.29) is 0 Å². The van der Waals surface area contributed by atoms with E-state index in [1.165, 1.54) is 0 Å². The zero-order valence-electron chi connectivity index (χ0n) is 6.93. The van der Waals surface area contributed by atoms with Crippen molar-refractivity contribution in [3.8, 4) is 0 Å². The van der Waals surface area contributed by atoms with Crippen LogP contribution in [-0.4, -0.2) is 45.0 Å². The first-order chi connectivity index (χ1) is 6.36. The zero-order chi connectivity index (χ0) is 9.10. The average Bonchev–Trinajstić information content (AvgIpc) is 2.20. The minimum Gasteiger partial charge on any atom is -0.337 e. The van der Waals surface area contributed by atoms with Gasteiger partial charge in [0.25, 0.3) is 5.95 Å².